The third-order valence-corrected chi connectivity index (χ3v) is 5.10. The summed E-state index contributed by atoms with van der Waals surface area (Å²) >= 11 is 0. The number of aliphatic imine (C=N–C) groups is 1. The van der Waals surface area contributed by atoms with Gasteiger partial charge >= 0.3 is 0 Å². The number of nitrogens with zero attached hydrogens (tertiary/aromatic N) is 2. The van der Waals surface area contributed by atoms with Gasteiger partial charge in [-0.3, -0.25) is 9.69 Å². The summed E-state index contributed by atoms with van der Waals surface area (Å²) in [5.74, 6) is 0.537. The third kappa shape index (κ3) is 11.1. The smallest absolute Gasteiger partial charge is 0.241 e. The normalized spacial score (nSPS) is 15.6. The van der Waals surface area contributed by atoms with E-state index < -0.39 is 0 Å². The van der Waals surface area contributed by atoms with E-state index in [1.165, 1.54) is 5.56 Å². The second-order valence-electron chi connectivity index (χ2n) is 7.65. The van der Waals surface area contributed by atoms with Crippen LogP contribution in [0.3, 0.4) is 0 Å². The summed E-state index contributed by atoms with van der Waals surface area (Å²) in [5, 5.41) is 9.18. The molecule has 2 rings (SSSR count). The van der Waals surface area contributed by atoms with Crippen LogP contribution in [0.15, 0.2) is 35.3 Å². The number of amides is 1. The number of piperidine rings is 1. The first-order valence-corrected chi connectivity index (χ1v) is 11.4. The van der Waals surface area contributed by atoms with Crippen LogP contribution in [-0.2, 0) is 20.8 Å². The van der Waals surface area contributed by atoms with Crippen LogP contribution in [0, 0.1) is 0 Å². The van der Waals surface area contributed by atoms with Crippen molar-refractivity contribution in [3.8, 4) is 0 Å². The molecule has 0 unspecified atom stereocenters. The molecule has 1 aromatic rings. The molecule has 0 aliphatic carbocycles. The third-order valence-electron chi connectivity index (χ3n) is 5.10. The van der Waals surface area contributed by atoms with E-state index in [2.05, 4.69) is 56.2 Å². The van der Waals surface area contributed by atoms with Gasteiger partial charge in [-0.1, -0.05) is 30.3 Å². The van der Waals surface area contributed by atoms with Gasteiger partial charge in [0.25, 0.3) is 0 Å². The molecule has 3 N–H and O–H groups in total. The zero-order chi connectivity index (χ0) is 22.2. The molecule has 1 aliphatic rings. The Morgan fingerprint density at radius 3 is 2.58 bits per heavy atom. The van der Waals surface area contributed by atoms with Gasteiger partial charge in [-0.25, -0.2) is 4.99 Å². The quantitative estimate of drug-likeness (QED) is 0.248. The van der Waals surface area contributed by atoms with Crippen molar-refractivity contribution >= 4 is 11.9 Å². The average Bonchev–Trinajstić information content (AvgIpc) is 2.79. The Hall–Kier alpha value is -2.16. The maximum Gasteiger partial charge on any atom is 0.241 e. The minimum atomic E-state index is -0.115. The van der Waals surface area contributed by atoms with Gasteiger partial charge in [-0.05, 0) is 31.7 Å². The predicted octanol–water partition coefficient (Wildman–Crippen LogP) is 1.38. The molecule has 8 nitrogen and oxygen atoms in total. The molecule has 174 valence electrons. The lowest BCUT2D eigenvalue weighted by Gasteiger charge is -2.32. The van der Waals surface area contributed by atoms with Crippen LogP contribution in [0.2, 0.25) is 0 Å². The Labute approximate surface area is 186 Å². The molecule has 1 saturated heterocycles. The van der Waals surface area contributed by atoms with Crippen LogP contribution in [0.4, 0.5) is 0 Å². The molecular formula is C23H39N5O3. The van der Waals surface area contributed by atoms with E-state index in [-0.39, 0.29) is 12.5 Å². The fourth-order valence-electron chi connectivity index (χ4n) is 3.45. The van der Waals surface area contributed by atoms with E-state index in [1.807, 2.05) is 6.92 Å². The Balaban J connectivity index is 1.55. The maximum absolute atomic E-state index is 11.8. The number of ether oxygens (including phenoxy) is 2. The summed E-state index contributed by atoms with van der Waals surface area (Å²) < 4.78 is 11.0. The lowest BCUT2D eigenvalue weighted by molar-refractivity contribution is -0.119. The molecule has 0 saturated carbocycles. The van der Waals surface area contributed by atoms with Crippen LogP contribution in [-0.4, -0.2) is 82.5 Å². The maximum atomic E-state index is 11.8. The van der Waals surface area contributed by atoms with Crippen molar-refractivity contribution in [2.75, 3.05) is 59.6 Å². The van der Waals surface area contributed by atoms with Crippen LogP contribution in [0.1, 0.15) is 31.7 Å². The molecule has 0 spiro atoms. The number of guanidine groups is 1. The summed E-state index contributed by atoms with van der Waals surface area (Å²) in [4.78, 5) is 18.6. The minimum Gasteiger partial charge on any atom is -0.383 e. The van der Waals surface area contributed by atoms with Crippen LogP contribution < -0.4 is 16.0 Å². The molecule has 1 amide bonds. The van der Waals surface area contributed by atoms with E-state index in [0.717, 1.165) is 58.6 Å². The molecule has 0 aromatic heterocycles. The summed E-state index contributed by atoms with van der Waals surface area (Å²) in [6, 6.07) is 10.6. The Morgan fingerprint density at radius 1 is 1.10 bits per heavy atom. The first-order chi connectivity index (χ1) is 15.2. The predicted molar refractivity (Wildman–Crippen MR) is 124 cm³/mol. The highest BCUT2D eigenvalue weighted by atomic mass is 16.5. The van der Waals surface area contributed by atoms with Gasteiger partial charge in [0.1, 0.15) is 6.54 Å². The van der Waals surface area contributed by atoms with Crippen molar-refractivity contribution in [1.82, 2.24) is 20.9 Å². The highest BCUT2D eigenvalue weighted by Gasteiger charge is 2.19. The van der Waals surface area contributed by atoms with Crippen molar-refractivity contribution in [1.29, 1.82) is 0 Å². The highest BCUT2D eigenvalue weighted by molar-refractivity contribution is 5.84. The lowest BCUT2D eigenvalue weighted by Crippen LogP contribution is -2.39. The van der Waals surface area contributed by atoms with E-state index in [4.69, 9.17) is 9.47 Å². The van der Waals surface area contributed by atoms with Crippen molar-refractivity contribution in [3.05, 3.63) is 35.9 Å². The van der Waals surface area contributed by atoms with Crippen molar-refractivity contribution in [2.24, 2.45) is 4.99 Å². The van der Waals surface area contributed by atoms with Gasteiger partial charge in [0.15, 0.2) is 5.96 Å². The number of rotatable bonds is 13. The SMILES string of the molecule is CCNC(=NCC(=O)NCCOC)NCCCOC1CCN(Cc2ccccc2)CC1. The lowest BCUT2D eigenvalue weighted by atomic mass is 10.1. The number of benzene rings is 1. The van der Waals surface area contributed by atoms with Gasteiger partial charge in [-0.15, -0.1) is 0 Å². The fraction of sp³-hybridized carbons (Fsp3) is 0.652. The van der Waals surface area contributed by atoms with Crippen molar-refractivity contribution < 1.29 is 14.3 Å². The number of hydrogen-bond donors (Lipinski definition) is 3. The molecule has 1 aliphatic heterocycles. The minimum absolute atomic E-state index is 0.0943. The van der Waals surface area contributed by atoms with Gasteiger partial charge in [-0.2, -0.15) is 0 Å². The van der Waals surface area contributed by atoms with E-state index >= 15 is 0 Å². The molecule has 1 fully saturated rings. The molecule has 31 heavy (non-hydrogen) atoms. The zero-order valence-electron chi connectivity index (χ0n) is 19.1. The highest BCUT2D eigenvalue weighted by Crippen LogP contribution is 2.16. The van der Waals surface area contributed by atoms with Gasteiger partial charge in [0.05, 0.1) is 12.7 Å². The molecule has 0 atom stereocenters. The van der Waals surface area contributed by atoms with Gasteiger partial charge < -0.3 is 25.4 Å². The Kier molecular flexibility index (Phi) is 12.6. The van der Waals surface area contributed by atoms with Crippen molar-refractivity contribution in [3.63, 3.8) is 0 Å². The fourth-order valence-corrected chi connectivity index (χ4v) is 3.45. The van der Waals surface area contributed by atoms with Crippen LogP contribution in [0.25, 0.3) is 0 Å². The van der Waals surface area contributed by atoms with Crippen LogP contribution in [0.5, 0.6) is 0 Å². The topological polar surface area (TPSA) is 87.2 Å². The summed E-state index contributed by atoms with van der Waals surface area (Å²) in [6.07, 6.45) is 3.42. The number of likely N-dealkylation sites (tertiary alicyclic amines) is 1. The summed E-state index contributed by atoms with van der Waals surface area (Å²) in [7, 11) is 1.61. The molecular weight excluding hydrogens is 394 g/mol. The first-order valence-electron chi connectivity index (χ1n) is 11.4. The Morgan fingerprint density at radius 2 is 1.87 bits per heavy atom. The second-order valence-corrected chi connectivity index (χ2v) is 7.65. The molecule has 1 heterocycles. The monoisotopic (exact) mass is 433 g/mol. The summed E-state index contributed by atoms with van der Waals surface area (Å²) in [5.41, 5.74) is 1.37. The molecule has 0 bridgehead atoms. The number of nitrogens with one attached hydrogen (secondary N) is 3. The van der Waals surface area contributed by atoms with E-state index in [9.17, 15) is 4.79 Å². The summed E-state index contributed by atoms with van der Waals surface area (Å²) in [6.45, 7) is 8.52. The zero-order valence-corrected chi connectivity index (χ0v) is 19.1. The van der Waals surface area contributed by atoms with Gasteiger partial charge in [0, 0.05) is 53.0 Å². The first kappa shape index (κ1) is 25.1. The molecule has 8 heteroatoms. The van der Waals surface area contributed by atoms with Gasteiger partial charge in [0.2, 0.25) is 5.91 Å². The number of hydrogen-bond acceptors (Lipinski definition) is 5. The average molecular weight is 434 g/mol. The molecule has 1 aromatic carbocycles. The number of carbonyl (C=O) groups excluding carboxylic acids is 1. The largest absolute Gasteiger partial charge is 0.383 e. The van der Waals surface area contributed by atoms with E-state index in [1.54, 1.807) is 7.11 Å². The van der Waals surface area contributed by atoms with Crippen LogP contribution >= 0.6 is 0 Å². The molecule has 0 radical (unpaired) electrons. The Bertz CT molecular complexity index is 633. The number of methoxy groups -OCH3 is 1. The standard InChI is InChI=1S/C23H39N5O3/c1-3-24-23(27-18-22(29)25-13-17-30-2)26-12-7-16-31-21-10-14-28(15-11-21)19-20-8-5-4-6-9-20/h4-6,8-9,21H,3,7,10-19H2,1-2H3,(H,25,29)(H2,24,26,27). The number of carbonyl (C=O) groups is 1. The second kappa shape index (κ2) is 15.6. The van der Waals surface area contributed by atoms with Crippen molar-refractivity contribution in [2.45, 2.75) is 38.8 Å². The van der Waals surface area contributed by atoms with E-state index in [0.29, 0.717) is 25.2 Å².